The molecule has 0 bridgehead atoms. The summed E-state index contributed by atoms with van der Waals surface area (Å²) in [7, 11) is 0. The minimum Gasteiger partial charge on any atom is -0.335 e. The zero-order chi connectivity index (χ0) is 16.2. The topological polar surface area (TPSA) is 86.7 Å². The fraction of sp³-hybridized carbons (Fsp3) is 0.0667. The average molecular weight is 390 g/mol. The van der Waals surface area contributed by atoms with Crippen LogP contribution in [0.25, 0.3) is 11.4 Å². The summed E-state index contributed by atoms with van der Waals surface area (Å²) in [6.07, 6.45) is 3.33. The number of ketones is 1. The van der Waals surface area contributed by atoms with Crippen LogP contribution in [0.3, 0.4) is 0 Å². The van der Waals surface area contributed by atoms with Crippen molar-refractivity contribution in [2.75, 3.05) is 11.6 Å². The summed E-state index contributed by atoms with van der Waals surface area (Å²) in [5.74, 6) is 6.76. The van der Waals surface area contributed by atoms with E-state index in [1.165, 1.54) is 16.4 Å². The lowest BCUT2D eigenvalue weighted by Gasteiger charge is -2.03. The van der Waals surface area contributed by atoms with Gasteiger partial charge < -0.3 is 5.84 Å². The molecule has 0 aliphatic heterocycles. The molecule has 2 heterocycles. The highest BCUT2D eigenvalue weighted by atomic mass is 79.9. The summed E-state index contributed by atoms with van der Waals surface area (Å²) < 4.78 is 2.24. The molecule has 6 nitrogen and oxygen atoms in total. The number of hydrogen-bond donors (Lipinski definition) is 1. The van der Waals surface area contributed by atoms with Crippen molar-refractivity contribution in [3.8, 4) is 11.4 Å². The van der Waals surface area contributed by atoms with Crippen LogP contribution in [-0.4, -0.2) is 31.4 Å². The van der Waals surface area contributed by atoms with E-state index in [-0.39, 0.29) is 11.5 Å². The summed E-state index contributed by atoms with van der Waals surface area (Å²) in [5, 5.41) is 8.57. The highest BCUT2D eigenvalue weighted by Gasteiger charge is 2.14. The van der Waals surface area contributed by atoms with Gasteiger partial charge in [0.15, 0.2) is 11.6 Å². The van der Waals surface area contributed by atoms with Crippen molar-refractivity contribution in [1.82, 2.24) is 19.9 Å². The molecule has 116 valence electrons. The number of benzene rings is 1. The molecular weight excluding hydrogens is 378 g/mol. The highest BCUT2D eigenvalue weighted by molar-refractivity contribution is 9.10. The summed E-state index contributed by atoms with van der Waals surface area (Å²) >= 11 is 4.61. The summed E-state index contributed by atoms with van der Waals surface area (Å²) in [5.41, 5.74) is 1.41. The van der Waals surface area contributed by atoms with Gasteiger partial charge in [-0.05, 0) is 24.3 Å². The standard InChI is InChI=1S/C15H12BrN5OS/c16-12-5-1-3-10(7-12)13(22)9-23-15-20-19-14(21(15)17)11-4-2-6-18-8-11/h1-8H,9,17H2. The Bertz CT molecular complexity index is 837. The SMILES string of the molecule is Nn1c(SCC(=O)c2cccc(Br)c2)nnc1-c1cccnc1. The minimum absolute atomic E-state index is 0.00206. The van der Waals surface area contributed by atoms with Crippen LogP contribution in [-0.2, 0) is 0 Å². The number of pyridine rings is 1. The van der Waals surface area contributed by atoms with Crippen LogP contribution < -0.4 is 5.84 Å². The van der Waals surface area contributed by atoms with E-state index in [1.807, 2.05) is 18.2 Å². The number of nitrogens with zero attached hydrogens (tertiary/aromatic N) is 4. The largest absolute Gasteiger partial charge is 0.335 e. The molecule has 0 unspecified atom stereocenters. The van der Waals surface area contributed by atoms with Gasteiger partial charge in [-0.2, -0.15) is 0 Å². The van der Waals surface area contributed by atoms with Crippen molar-refractivity contribution < 1.29 is 4.79 Å². The molecule has 0 aliphatic carbocycles. The van der Waals surface area contributed by atoms with E-state index in [1.54, 1.807) is 30.6 Å². The van der Waals surface area contributed by atoms with Crippen molar-refractivity contribution in [3.63, 3.8) is 0 Å². The van der Waals surface area contributed by atoms with Crippen LogP contribution in [0.2, 0.25) is 0 Å². The Labute approximate surface area is 145 Å². The third kappa shape index (κ3) is 3.59. The molecule has 0 atom stereocenters. The minimum atomic E-state index is 0.00206. The number of rotatable bonds is 5. The number of nitrogens with two attached hydrogens (primary N) is 1. The van der Waals surface area contributed by atoms with Gasteiger partial charge in [0.05, 0.1) is 5.75 Å². The second-order valence-electron chi connectivity index (χ2n) is 4.64. The summed E-state index contributed by atoms with van der Waals surface area (Å²) in [4.78, 5) is 16.2. The van der Waals surface area contributed by atoms with Crippen LogP contribution >= 0.6 is 27.7 Å². The third-order valence-electron chi connectivity index (χ3n) is 3.06. The average Bonchev–Trinajstić information content (AvgIpc) is 2.94. The van der Waals surface area contributed by atoms with Crippen molar-refractivity contribution in [3.05, 3.63) is 58.8 Å². The van der Waals surface area contributed by atoms with Gasteiger partial charge in [0, 0.05) is 28.0 Å². The summed E-state index contributed by atoms with van der Waals surface area (Å²) in [6, 6.07) is 10.9. The number of Topliss-reactive ketones (excluding diaryl/α,β-unsaturated/α-hetero) is 1. The molecule has 0 aliphatic rings. The summed E-state index contributed by atoms with van der Waals surface area (Å²) in [6.45, 7) is 0. The first-order chi connectivity index (χ1) is 11.1. The molecule has 0 radical (unpaired) electrons. The number of carbonyl (C=O) groups is 1. The normalized spacial score (nSPS) is 10.7. The fourth-order valence-corrected chi connectivity index (χ4v) is 3.09. The van der Waals surface area contributed by atoms with E-state index < -0.39 is 0 Å². The molecule has 23 heavy (non-hydrogen) atoms. The van der Waals surface area contributed by atoms with E-state index in [0.717, 1.165) is 10.0 Å². The van der Waals surface area contributed by atoms with Gasteiger partial charge >= 0.3 is 0 Å². The van der Waals surface area contributed by atoms with Crippen LogP contribution in [0.4, 0.5) is 0 Å². The second-order valence-corrected chi connectivity index (χ2v) is 6.50. The Kier molecular flexibility index (Phi) is 4.73. The predicted molar refractivity (Wildman–Crippen MR) is 92.6 cm³/mol. The first-order valence-electron chi connectivity index (χ1n) is 6.67. The fourth-order valence-electron chi connectivity index (χ4n) is 1.94. The molecular formula is C15H12BrN5OS. The van der Waals surface area contributed by atoms with E-state index >= 15 is 0 Å². The van der Waals surface area contributed by atoms with E-state index in [9.17, 15) is 4.79 Å². The lowest BCUT2D eigenvalue weighted by molar-refractivity contribution is 0.102. The number of nitrogen functional groups attached to an aromatic ring is 1. The molecule has 0 amide bonds. The molecule has 0 saturated carbocycles. The molecule has 8 heteroatoms. The zero-order valence-electron chi connectivity index (χ0n) is 11.9. The molecule has 2 aromatic heterocycles. The maximum atomic E-state index is 12.2. The van der Waals surface area contributed by atoms with Gasteiger partial charge in [-0.25, -0.2) is 4.68 Å². The monoisotopic (exact) mass is 389 g/mol. The van der Waals surface area contributed by atoms with Gasteiger partial charge in [-0.1, -0.05) is 39.8 Å². The Morgan fingerprint density at radius 3 is 2.87 bits per heavy atom. The van der Waals surface area contributed by atoms with Crippen LogP contribution in [0, 0.1) is 0 Å². The number of thioether (sulfide) groups is 1. The molecule has 0 fully saturated rings. The van der Waals surface area contributed by atoms with Gasteiger partial charge in [0.25, 0.3) is 0 Å². The molecule has 0 saturated heterocycles. The smallest absolute Gasteiger partial charge is 0.210 e. The Hall–Kier alpha value is -2.19. The molecule has 3 aromatic rings. The van der Waals surface area contributed by atoms with Crippen molar-refractivity contribution in [1.29, 1.82) is 0 Å². The number of aromatic nitrogens is 4. The van der Waals surface area contributed by atoms with Crippen LogP contribution in [0.5, 0.6) is 0 Å². The van der Waals surface area contributed by atoms with Gasteiger partial charge in [-0.3, -0.25) is 9.78 Å². The molecule has 2 N–H and O–H groups in total. The quantitative estimate of drug-likeness (QED) is 0.410. The lowest BCUT2D eigenvalue weighted by Crippen LogP contribution is -2.12. The second kappa shape index (κ2) is 6.93. The Morgan fingerprint density at radius 2 is 2.13 bits per heavy atom. The Morgan fingerprint density at radius 1 is 1.26 bits per heavy atom. The number of halogens is 1. The third-order valence-corrected chi connectivity index (χ3v) is 4.50. The van der Waals surface area contributed by atoms with Gasteiger partial charge in [0.2, 0.25) is 5.16 Å². The van der Waals surface area contributed by atoms with Gasteiger partial charge in [0.1, 0.15) is 0 Å². The van der Waals surface area contributed by atoms with Crippen molar-refractivity contribution >= 4 is 33.5 Å². The number of hydrogen-bond acceptors (Lipinski definition) is 6. The molecule has 1 aromatic carbocycles. The number of carbonyl (C=O) groups excluding carboxylic acids is 1. The molecule has 3 rings (SSSR count). The van der Waals surface area contributed by atoms with Crippen molar-refractivity contribution in [2.24, 2.45) is 0 Å². The Balaban J connectivity index is 1.72. The zero-order valence-corrected chi connectivity index (χ0v) is 14.3. The van der Waals surface area contributed by atoms with Crippen LogP contribution in [0.15, 0.2) is 58.4 Å². The van der Waals surface area contributed by atoms with E-state index in [2.05, 4.69) is 31.1 Å². The highest BCUT2D eigenvalue weighted by Crippen LogP contribution is 2.22. The lowest BCUT2D eigenvalue weighted by atomic mass is 10.2. The maximum absolute atomic E-state index is 12.2. The maximum Gasteiger partial charge on any atom is 0.210 e. The van der Waals surface area contributed by atoms with E-state index in [0.29, 0.717) is 16.5 Å². The van der Waals surface area contributed by atoms with Crippen LogP contribution in [0.1, 0.15) is 10.4 Å². The van der Waals surface area contributed by atoms with Crippen molar-refractivity contribution in [2.45, 2.75) is 5.16 Å². The van der Waals surface area contributed by atoms with Gasteiger partial charge in [-0.15, -0.1) is 10.2 Å². The first-order valence-corrected chi connectivity index (χ1v) is 8.45. The first kappa shape index (κ1) is 15.7. The van der Waals surface area contributed by atoms with E-state index in [4.69, 9.17) is 5.84 Å². The predicted octanol–water partition coefficient (Wildman–Crippen LogP) is 2.79. The molecule has 0 spiro atoms.